The Morgan fingerprint density at radius 1 is 1.20 bits per heavy atom. The summed E-state index contributed by atoms with van der Waals surface area (Å²) in [5.74, 6) is -0.159. The maximum atomic E-state index is 13.2. The first-order valence-electron chi connectivity index (χ1n) is 10.7. The summed E-state index contributed by atoms with van der Waals surface area (Å²) >= 11 is 0. The van der Waals surface area contributed by atoms with Gasteiger partial charge in [-0.15, -0.1) is 0 Å². The summed E-state index contributed by atoms with van der Waals surface area (Å²) < 4.78 is 3.07. The summed E-state index contributed by atoms with van der Waals surface area (Å²) in [6.07, 6.45) is 5.39. The third-order valence-corrected chi connectivity index (χ3v) is 5.95. The van der Waals surface area contributed by atoms with Crippen molar-refractivity contribution in [2.75, 3.05) is 19.6 Å². The number of hydrogen-bond acceptors (Lipinski definition) is 4. The van der Waals surface area contributed by atoms with Gasteiger partial charge >= 0.3 is 5.69 Å². The van der Waals surface area contributed by atoms with E-state index < -0.39 is 0 Å². The van der Waals surface area contributed by atoms with Gasteiger partial charge in [-0.25, -0.2) is 14.3 Å². The number of benzene rings is 1. The first-order valence-corrected chi connectivity index (χ1v) is 10.7. The molecular weight excluding hydrogens is 378 g/mol. The number of nitrogens with zero attached hydrogens (tertiary/aromatic N) is 4. The number of pyridine rings is 1. The van der Waals surface area contributed by atoms with Crippen LogP contribution in [0.5, 0.6) is 0 Å². The fourth-order valence-corrected chi connectivity index (χ4v) is 4.19. The zero-order valence-electron chi connectivity index (χ0n) is 17.7. The van der Waals surface area contributed by atoms with Crippen molar-refractivity contribution in [1.82, 2.24) is 24.3 Å². The highest BCUT2D eigenvalue weighted by Gasteiger charge is 2.19. The highest BCUT2D eigenvalue weighted by molar-refractivity contribution is 5.80. The van der Waals surface area contributed by atoms with Crippen LogP contribution in [0.1, 0.15) is 31.7 Å². The van der Waals surface area contributed by atoms with Gasteiger partial charge in [0.2, 0.25) is 5.91 Å². The Balaban J connectivity index is 1.51. The van der Waals surface area contributed by atoms with Crippen LogP contribution in [-0.4, -0.2) is 50.6 Å². The second kappa shape index (κ2) is 8.83. The number of imidazole rings is 1. The van der Waals surface area contributed by atoms with Crippen molar-refractivity contribution in [3.63, 3.8) is 0 Å². The van der Waals surface area contributed by atoms with Gasteiger partial charge in [0.15, 0.2) is 5.65 Å². The lowest BCUT2D eigenvalue weighted by atomic mass is 10.0. The van der Waals surface area contributed by atoms with E-state index in [1.807, 2.05) is 37.3 Å². The van der Waals surface area contributed by atoms with Crippen molar-refractivity contribution < 1.29 is 4.79 Å². The molecule has 0 spiro atoms. The smallest absolute Gasteiger partial charge is 0.335 e. The molecule has 1 saturated heterocycles. The highest BCUT2D eigenvalue weighted by Crippen LogP contribution is 2.17. The second-order valence-electron chi connectivity index (χ2n) is 8.12. The fraction of sp³-hybridized carbons (Fsp3) is 0.435. The third kappa shape index (κ3) is 4.16. The molecule has 0 unspecified atom stereocenters. The molecule has 1 atom stereocenters. The lowest BCUT2D eigenvalue weighted by Gasteiger charge is -2.33. The molecule has 1 amide bonds. The third-order valence-electron chi connectivity index (χ3n) is 5.95. The summed E-state index contributed by atoms with van der Waals surface area (Å²) in [5, 5.41) is 2.98. The van der Waals surface area contributed by atoms with Crippen LogP contribution in [0.15, 0.2) is 47.4 Å². The van der Waals surface area contributed by atoms with Crippen molar-refractivity contribution in [1.29, 1.82) is 0 Å². The molecule has 1 aliphatic heterocycles. The predicted octanol–water partition coefficient (Wildman–Crippen LogP) is 2.49. The first-order chi connectivity index (χ1) is 14.5. The lowest BCUT2D eigenvalue weighted by molar-refractivity contribution is -0.121. The van der Waals surface area contributed by atoms with Crippen molar-refractivity contribution >= 4 is 17.1 Å². The summed E-state index contributed by atoms with van der Waals surface area (Å²) in [7, 11) is 0. The largest absolute Gasteiger partial charge is 0.353 e. The molecule has 3 heterocycles. The second-order valence-corrected chi connectivity index (χ2v) is 8.12. The lowest BCUT2D eigenvalue weighted by Crippen LogP contribution is -2.43. The maximum Gasteiger partial charge on any atom is 0.335 e. The monoisotopic (exact) mass is 407 g/mol. The van der Waals surface area contributed by atoms with Crippen LogP contribution >= 0.6 is 0 Å². The Kier molecular flexibility index (Phi) is 5.99. The number of aryl methyl sites for hydroxylation is 1. The van der Waals surface area contributed by atoms with Gasteiger partial charge in [0.1, 0.15) is 6.54 Å². The van der Waals surface area contributed by atoms with Gasteiger partial charge in [-0.1, -0.05) is 24.1 Å². The summed E-state index contributed by atoms with van der Waals surface area (Å²) in [6, 6.07) is 11.9. The molecule has 0 saturated carbocycles. The molecule has 1 N–H and O–H groups in total. The van der Waals surface area contributed by atoms with Crippen molar-refractivity contribution in [2.24, 2.45) is 0 Å². The number of aromatic nitrogens is 3. The van der Waals surface area contributed by atoms with E-state index in [1.165, 1.54) is 23.8 Å². The Labute approximate surface area is 176 Å². The highest BCUT2D eigenvalue weighted by atomic mass is 16.2. The molecule has 0 radical (unpaired) electrons. The van der Waals surface area contributed by atoms with E-state index in [2.05, 4.69) is 22.1 Å². The predicted molar refractivity (Wildman–Crippen MR) is 118 cm³/mol. The van der Waals surface area contributed by atoms with Crippen LogP contribution in [-0.2, 0) is 11.3 Å². The first kappa shape index (κ1) is 20.3. The number of piperidine rings is 1. The Bertz CT molecular complexity index is 1080. The van der Waals surface area contributed by atoms with E-state index in [9.17, 15) is 9.59 Å². The Morgan fingerprint density at radius 2 is 2.00 bits per heavy atom. The Morgan fingerprint density at radius 3 is 2.77 bits per heavy atom. The minimum absolute atomic E-state index is 0.0184. The summed E-state index contributed by atoms with van der Waals surface area (Å²) in [5.41, 5.74) is 2.81. The van der Waals surface area contributed by atoms with Gasteiger partial charge in [-0.3, -0.25) is 14.3 Å². The molecule has 2 aromatic heterocycles. The van der Waals surface area contributed by atoms with Gasteiger partial charge < -0.3 is 5.32 Å². The number of nitrogens with one attached hydrogen (secondary N) is 1. The topological polar surface area (TPSA) is 72.2 Å². The van der Waals surface area contributed by atoms with Gasteiger partial charge in [-0.2, -0.15) is 0 Å². The van der Waals surface area contributed by atoms with E-state index in [0.29, 0.717) is 23.8 Å². The van der Waals surface area contributed by atoms with E-state index in [4.69, 9.17) is 0 Å². The van der Waals surface area contributed by atoms with Gasteiger partial charge in [0.05, 0.1) is 11.2 Å². The Hall–Kier alpha value is -2.93. The number of hydrogen-bond donors (Lipinski definition) is 1. The van der Waals surface area contributed by atoms with Crippen LogP contribution < -0.4 is 11.0 Å². The number of amides is 1. The molecule has 0 aliphatic carbocycles. The zero-order chi connectivity index (χ0) is 21.1. The van der Waals surface area contributed by atoms with Crippen LogP contribution in [0.3, 0.4) is 0 Å². The SMILES string of the molecule is Cc1ccc(-n2c(=O)n(CC(=O)NCCN3CCCC[C@H]3C)c3cccnc32)cc1. The standard InChI is InChI=1S/C23H29N5O2/c1-17-8-10-19(11-9-17)28-22-20(7-5-12-25-22)27(23(28)30)16-21(29)24-13-15-26-14-4-3-6-18(26)2/h5,7-12,18H,3-4,6,13-16H2,1-2H3,(H,24,29)/t18-/m1/s1. The molecule has 7 heteroatoms. The van der Waals surface area contributed by atoms with Crippen molar-refractivity contribution in [2.45, 2.75) is 45.7 Å². The molecular formula is C23H29N5O2. The molecule has 0 bridgehead atoms. The molecule has 1 aromatic carbocycles. The van der Waals surface area contributed by atoms with Crippen molar-refractivity contribution in [3.8, 4) is 5.69 Å². The zero-order valence-corrected chi connectivity index (χ0v) is 17.7. The van der Waals surface area contributed by atoms with Gasteiger partial charge in [0.25, 0.3) is 0 Å². The average molecular weight is 408 g/mol. The quantitative estimate of drug-likeness (QED) is 0.681. The van der Waals surface area contributed by atoms with E-state index in [-0.39, 0.29) is 18.1 Å². The number of carbonyl (C=O) groups excluding carboxylic acids is 1. The van der Waals surface area contributed by atoms with Gasteiger partial charge in [0, 0.05) is 25.3 Å². The average Bonchev–Trinajstić information content (AvgIpc) is 3.02. The minimum atomic E-state index is -0.257. The van der Waals surface area contributed by atoms with E-state index in [0.717, 1.165) is 24.3 Å². The molecule has 3 aromatic rings. The van der Waals surface area contributed by atoms with E-state index >= 15 is 0 Å². The molecule has 30 heavy (non-hydrogen) atoms. The number of rotatable bonds is 6. The molecule has 4 rings (SSSR count). The number of fused-ring (bicyclic) bond motifs is 1. The minimum Gasteiger partial charge on any atom is -0.353 e. The molecule has 7 nitrogen and oxygen atoms in total. The van der Waals surface area contributed by atoms with Crippen LogP contribution in [0.25, 0.3) is 16.9 Å². The number of likely N-dealkylation sites (tertiary alicyclic amines) is 1. The summed E-state index contributed by atoms with van der Waals surface area (Å²) in [4.78, 5) is 32.6. The molecule has 1 aliphatic rings. The molecule has 158 valence electrons. The van der Waals surface area contributed by atoms with E-state index in [1.54, 1.807) is 16.8 Å². The maximum absolute atomic E-state index is 13.2. The van der Waals surface area contributed by atoms with Crippen LogP contribution in [0, 0.1) is 6.92 Å². The van der Waals surface area contributed by atoms with Crippen molar-refractivity contribution in [3.05, 3.63) is 58.6 Å². The fourth-order valence-electron chi connectivity index (χ4n) is 4.19. The van der Waals surface area contributed by atoms with Crippen LogP contribution in [0.2, 0.25) is 0 Å². The number of carbonyl (C=O) groups is 1. The normalized spacial score (nSPS) is 17.3. The summed E-state index contributed by atoms with van der Waals surface area (Å²) in [6.45, 7) is 6.75. The van der Waals surface area contributed by atoms with Crippen LogP contribution in [0.4, 0.5) is 0 Å². The molecule has 1 fully saturated rings. The van der Waals surface area contributed by atoms with Gasteiger partial charge in [-0.05, 0) is 57.5 Å².